The Hall–Kier alpha value is -3.05. The molecule has 1 heterocycles. The summed E-state index contributed by atoms with van der Waals surface area (Å²) in [7, 11) is 0. The van der Waals surface area contributed by atoms with Crippen molar-refractivity contribution in [3.63, 3.8) is 0 Å². The minimum Gasteiger partial charge on any atom is -0.321 e. The minimum atomic E-state index is -0.570. The lowest BCUT2D eigenvalue weighted by Gasteiger charge is -2.19. The van der Waals surface area contributed by atoms with Crippen molar-refractivity contribution in [2.45, 2.75) is 11.7 Å². The largest absolute Gasteiger partial charge is 0.321 e. The van der Waals surface area contributed by atoms with Gasteiger partial charge in [0.1, 0.15) is 16.7 Å². The van der Waals surface area contributed by atoms with Gasteiger partial charge in [0.2, 0.25) is 5.91 Å². The summed E-state index contributed by atoms with van der Waals surface area (Å²) in [6.45, 7) is 0. The lowest BCUT2D eigenvalue weighted by Crippen LogP contribution is -2.31. The molecule has 1 fully saturated rings. The van der Waals surface area contributed by atoms with Crippen molar-refractivity contribution in [2.24, 2.45) is 0 Å². The lowest BCUT2D eigenvalue weighted by atomic mass is 10.1. The maximum atomic E-state index is 13.5. The van der Waals surface area contributed by atoms with Gasteiger partial charge in [-0.1, -0.05) is 75.7 Å². The molecule has 0 radical (unpaired) electrons. The molecule has 1 unspecified atom stereocenters. The number of carbonyl (C=O) groups is 2. The molecule has 164 valence electrons. The van der Waals surface area contributed by atoms with E-state index >= 15 is 0 Å². The number of amides is 2. The molecule has 0 saturated carbocycles. The maximum absolute atomic E-state index is 13.5. The smallest absolute Gasteiger partial charge is 0.269 e. The van der Waals surface area contributed by atoms with Gasteiger partial charge in [0.05, 0.1) is 5.25 Å². The first-order valence-corrected chi connectivity index (χ1v) is 12.0. The zero-order valence-electron chi connectivity index (χ0n) is 17.2. The maximum Gasteiger partial charge on any atom is 0.269 e. The fraction of sp³-hybridized carbons (Fsp3) is 0.0800. The molecule has 3 aromatic carbocycles. The average molecular weight is 539 g/mol. The molecule has 1 saturated heterocycles. The quantitative estimate of drug-likeness (QED) is 0.312. The molecule has 0 aromatic heterocycles. The van der Waals surface area contributed by atoms with Crippen LogP contribution in [0.15, 0.2) is 93.9 Å². The first kappa shape index (κ1) is 23.1. The number of thioether (sulfide) groups is 1. The summed E-state index contributed by atoms with van der Waals surface area (Å²) in [6, 6.07) is 25.4. The first-order valence-electron chi connectivity index (χ1n) is 9.98. The Labute approximate surface area is 209 Å². The highest BCUT2D eigenvalue weighted by Crippen LogP contribution is 2.42. The van der Waals surface area contributed by atoms with Crippen molar-refractivity contribution in [1.82, 2.24) is 0 Å². The molecule has 1 atom stereocenters. The second-order valence-electron chi connectivity index (χ2n) is 7.16. The van der Waals surface area contributed by atoms with E-state index in [-0.39, 0.29) is 11.5 Å². The van der Waals surface area contributed by atoms with Gasteiger partial charge < -0.3 is 5.32 Å². The average Bonchev–Trinajstić information content (AvgIpc) is 3.12. The van der Waals surface area contributed by atoms with Gasteiger partial charge in [-0.25, -0.2) is 0 Å². The summed E-state index contributed by atoms with van der Waals surface area (Å²) in [6.07, 6.45) is 0.374. The molecule has 4 rings (SSSR count). The van der Waals surface area contributed by atoms with Crippen molar-refractivity contribution in [1.29, 1.82) is 5.26 Å². The van der Waals surface area contributed by atoms with E-state index < -0.39 is 11.2 Å². The Morgan fingerprint density at radius 1 is 1.06 bits per heavy atom. The Morgan fingerprint density at radius 3 is 2.39 bits per heavy atom. The molecule has 0 spiro atoms. The molecular weight excluding hydrogens is 522 g/mol. The third-order valence-electron chi connectivity index (χ3n) is 4.99. The van der Waals surface area contributed by atoms with Crippen LogP contribution in [0.3, 0.4) is 0 Å². The highest BCUT2D eigenvalue weighted by Gasteiger charge is 2.41. The molecule has 33 heavy (non-hydrogen) atoms. The van der Waals surface area contributed by atoms with Crippen molar-refractivity contribution in [3.8, 4) is 6.07 Å². The molecule has 1 aliphatic heterocycles. The van der Waals surface area contributed by atoms with Crippen molar-refractivity contribution < 1.29 is 9.59 Å². The summed E-state index contributed by atoms with van der Waals surface area (Å²) < 4.78 is 0.853. The number of nitrogens with one attached hydrogen (secondary N) is 1. The number of halogens is 2. The van der Waals surface area contributed by atoms with Gasteiger partial charge in [0, 0.05) is 20.9 Å². The molecule has 5 nitrogen and oxygen atoms in total. The van der Waals surface area contributed by atoms with Crippen LogP contribution in [-0.2, 0) is 16.0 Å². The Bertz CT molecular complexity index is 1270. The summed E-state index contributed by atoms with van der Waals surface area (Å²) in [5, 5.41) is 13.0. The van der Waals surface area contributed by atoms with Crippen LogP contribution in [0.25, 0.3) is 0 Å². The van der Waals surface area contributed by atoms with Crippen LogP contribution >= 0.6 is 39.3 Å². The van der Waals surface area contributed by atoms with Gasteiger partial charge >= 0.3 is 0 Å². The van der Waals surface area contributed by atoms with Gasteiger partial charge in [-0.15, -0.1) is 0 Å². The summed E-state index contributed by atoms with van der Waals surface area (Å²) in [5.41, 5.74) is 1.84. The third kappa shape index (κ3) is 5.14. The van der Waals surface area contributed by atoms with Crippen LogP contribution in [0, 0.1) is 11.3 Å². The number of hydrogen-bond acceptors (Lipinski definition) is 4. The molecule has 1 aliphatic rings. The fourth-order valence-corrected chi connectivity index (χ4v) is 5.16. The molecule has 8 heteroatoms. The van der Waals surface area contributed by atoms with Gasteiger partial charge in [-0.05, 0) is 54.4 Å². The number of nitrogens with zero attached hydrogens (tertiary/aromatic N) is 2. The van der Waals surface area contributed by atoms with E-state index in [0.717, 1.165) is 10.0 Å². The number of carbonyl (C=O) groups excluding carboxylic acids is 2. The predicted molar refractivity (Wildman–Crippen MR) is 136 cm³/mol. The number of anilines is 2. The summed E-state index contributed by atoms with van der Waals surface area (Å²) in [4.78, 5) is 28.0. The van der Waals surface area contributed by atoms with Gasteiger partial charge in [0.15, 0.2) is 0 Å². The third-order valence-corrected chi connectivity index (χ3v) is 7.15. The second kappa shape index (κ2) is 10.3. The van der Waals surface area contributed by atoms with E-state index in [1.54, 1.807) is 42.5 Å². The Morgan fingerprint density at radius 2 is 1.73 bits per heavy atom. The zero-order valence-corrected chi connectivity index (χ0v) is 20.3. The molecule has 1 N–H and O–H groups in total. The van der Waals surface area contributed by atoms with Crippen LogP contribution in [0.4, 0.5) is 11.4 Å². The van der Waals surface area contributed by atoms with E-state index in [1.807, 2.05) is 42.5 Å². The monoisotopic (exact) mass is 537 g/mol. The lowest BCUT2D eigenvalue weighted by molar-refractivity contribution is -0.117. The van der Waals surface area contributed by atoms with Crippen molar-refractivity contribution >= 4 is 62.5 Å². The number of hydrogen-bond donors (Lipinski definition) is 1. The summed E-state index contributed by atoms with van der Waals surface area (Å²) in [5.74, 6) is -0.781. The van der Waals surface area contributed by atoms with Gasteiger partial charge in [-0.3, -0.25) is 14.5 Å². The van der Waals surface area contributed by atoms with E-state index in [2.05, 4.69) is 21.2 Å². The minimum absolute atomic E-state index is 0.123. The second-order valence-corrected chi connectivity index (χ2v) is 9.68. The molecule has 2 amide bonds. The first-order chi connectivity index (χ1) is 16.0. The fourth-order valence-electron chi connectivity index (χ4n) is 3.39. The van der Waals surface area contributed by atoms with Crippen LogP contribution in [0.2, 0.25) is 5.02 Å². The van der Waals surface area contributed by atoms with Crippen LogP contribution in [-0.4, -0.2) is 17.1 Å². The van der Waals surface area contributed by atoms with Gasteiger partial charge in [0.25, 0.3) is 5.91 Å². The van der Waals surface area contributed by atoms with Crippen molar-refractivity contribution in [3.05, 3.63) is 105 Å². The molecule has 0 bridgehead atoms. The highest BCUT2D eigenvalue weighted by atomic mass is 79.9. The topological polar surface area (TPSA) is 73.2 Å². The molecular formula is C25H17BrClN3O2S. The van der Waals surface area contributed by atoms with Crippen LogP contribution < -0.4 is 10.2 Å². The number of rotatable bonds is 5. The van der Waals surface area contributed by atoms with Crippen LogP contribution in [0.1, 0.15) is 5.56 Å². The molecule has 3 aromatic rings. The zero-order chi connectivity index (χ0) is 23.4. The predicted octanol–water partition coefficient (Wildman–Crippen LogP) is 6.17. The van der Waals surface area contributed by atoms with E-state index in [4.69, 9.17) is 11.6 Å². The van der Waals surface area contributed by atoms with E-state index in [0.29, 0.717) is 27.8 Å². The van der Waals surface area contributed by atoms with Gasteiger partial charge in [-0.2, -0.15) is 5.26 Å². The number of para-hydroxylation sites is 1. The van der Waals surface area contributed by atoms with E-state index in [1.165, 1.54) is 16.7 Å². The normalized spacial score (nSPS) is 16.9. The standard InChI is InChI=1S/C25H17BrClN3O2S/c26-17-10-12-19(13-11-17)30-24(32)22(14-16-6-4-5-9-21(16)27)33-25(30)20(15-28)23(31)29-18-7-2-1-3-8-18/h1-13,22H,14H2,(H,29,31). The van der Waals surface area contributed by atoms with Crippen molar-refractivity contribution in [2.75, 3.05) is 10.2 Å². The Balaban J connectivity index is 1.74. The number of benzene rings is 3. The summed E-state index contributed by atoms with van der Waals surface area (Å²) >= 11 is 10.9. The highest BCUT2D eigenvalue weighted by molar-refractivity contribution is 9.10. The Kier molecular flexibility index (Phi) is 7.19. The molecule has 0 aliphatic carbocycles. The van der Waals surface area contributed by atoms with Crippen LogP contribution in [0.5, 0.6) is 0 Å². The SMILES string of the molecule is N#CC(C(=O)Nc1ccccc1)=C1SC(Cc2ccccc2Cl)C(=O)N1c1ccc(Br)cc1. The van der Waals surface area contributed by atoms with E-state index in [9.17, 15) is 14.9 Å². The number of nitriles is 1.